The monoisotopic (exact) mass is 335 g/mol. The number of methoxy groups -OCH3 is 1. The number of aliphatic hydroxyl groups excluding tert-OH is 1. The van der Waals surface area contributed by atoms with Crippen LogP contribution in [0.3, 0.4) is 0 Å². The third-order valence-corrected chi connectivity index (χ3v) is 3.99. The molecule has 0 amide bonds. The molecule has 0 radical (unpaired) electrons. The third kappa shape index (κ3) is 3.60. The minimum Gasteiger partial charge on any atom is -0.497 e. The van der Waals surface area contributed by atoms with Crippen molar-refractivity contribution in [3.8, 4) is 5.75 Å². The molecule has 0 saturated carbocycles. The molecule has 0 bridgehead atoms. The van der Waals surface area contributed by atoms with E-state index in [2.05, 4.69) is 15.9 Å². The number of aliphatic hydroxyl groups is 1. The summed E-state index contributed by atoms with van der Waals surface area (Å²) in [6.45, 7) is 0. The van der Waals surface area contributed by atoms with E-state index in [4.69, 9.17) is 10.5 Å². The minimum atomic E-state index is -0.652. The van der Waals surface area contributed by atoms with Gasteiger partial charge in [-0.3, -0.25) is 0 Å². The first-order valence-electron chi connectivity index (χ1n) is 6.43. The van der Waals surface area contributed by atoms with E-state index in [1.807, 2.05) is 48.5 Å². The van der Waals surface area contributed by atoms with Gasteiger partial charge < -0.3 is 15.6 Å². The van der Waals surface area contributed by atoms with Gasteiger partial charge in [-0.15, -0.1) is 0 Å². The molecule has 0 aliphatic carbocycles. The largest absolute Gasteiger partial charge is 0.497 e. The average molecular weight is 336 g/mol. The Labute approximate surface area is 127 Å². The number of hydrogen-bond donors (Lipinski definition) is 2. The summed E-state index contributed by atoms with van der Waals surface area (Å²) in [5, 5.41) is 10.3. The lowest BCUT2D eigenvalue weighted by molar-refractivity contribution is 0.144. The summed E-state index contributed by atoms with van der Waals surface area (Å²) in [6, 6.07) is 14.9. The van der Waals surface area contributed by atoms with E-state index in [1.165, 1.54) is 0 Å². The molecule has 20 heavy (non-hydrogen) atoms. The second kappa shape index (κ2) is 6.88. The lowest BCUT2D eigenvalue weighted by Crippen LogP contribution is -2.28. The highest BCUT2D eigenvalue weighted by molar-refractivity contribution is 9.10. The van der Waals surface area contributed by atoms with Gasteiger partial charge >= 0.3 is 0 Å². The van der Waals surface area contributed by atoms with E-state index < -0.39 is 12.1 Å². The van der Waals surface area contributed by atoms with Crippen LogP contribution >= 0.6 is 15.9 Å². The van der Waals surface area contributed by atoms with Crippen LogP contribution in [0.5, 0.6) is 5.75 Å². The van der Waals surface area contributed by atoms with Crippen molar-refractivity contribution in [1.82, 2.24) is 0 Å². The summed E-state index contributed by atoms with van der Waals surface area (Å²) in [4.78, 5) is 0. The van der Waals surface area contributed by atoms with Crippen LogP contribution in [0.2, 0.25) is 0 Å². The molecule has 2 aromatic carbocycles. The van der Waals surface area contributed by atoms with Gasteiger partial charge in [-0.25, -0.2) is 0 Å². The van der Waals surface area contributed by atoms with E-state index in [0.717, 1.165) is 21.3 Å². The van der Waals surface area contributed by atoms with Gasteiger partial charge in [0.25, 0.3) is 0 Å². The van der Waals surface area contributed by atoms with Crippen molar-refractivity contribution in [1.29, 1.82) is 0 Å². The summed E-state index contributed by atoms with van der Waals surface area (Å²) < 4.78 is 6.07. The normalized spacial score (nSPS) is 13.8. The maximum absolute atomic E-state index is 10.3. The van der Waals surface area contributed by atoms with E-state index >= 15 is 0 Å². The van der Waals surface area contributed by atoms with Crippen LogP contribution < -0.4 is 10.5 Å². The van der Waals surface area contributed by atoms with Crippen molar-refractivity contribution < 1.29 is 9.84 Å². The van der Waals surface area contributed by atoms with Gasteiger partial charge in [-0.2, -0.15) is 0 Å². The van der Waals surface area contributed by atoms with Crippen LogP contribution in [0.4, 0.5) is 0 Å². The highest BCUT2D eigenvalue weighted by Gasteiger charge is 2.20. The lowest BCUT2D eigenvalue weighted by atomic mass is 9.97. The van der Waals surface area contributed by atoms with E-state index in [1.54, 1.807) is 7.11 Å². The molecule has 0 aromatic heterocycles. The van der Waals surface area contributed by atoms with Gasteiger partial charge in [0.2, 0.25) is 0 Å². The Balaban J connectivity index is 2.16. The molecule has 106 valence electrons. The van der Waals surface area contributed by atoms with Crippen molar-refractivity contribution in [3.05, 3.63) is 64.1 Å². The van der Waals surface area contributed by atoms with Crippen LogP contribution in [0, 0.1) is 0 Å². The summed E-state index contributed by atoms with van der Waals surface area (Å²) >= 11 is 3.47. The quantitative estimate of drug-likeness (QED) is 0.882. The predicted octanol–water partition coefficient (Wildman–Crippen LogP) is 3.06. The molecule has 4 heteroatoms. The Hall–Kier alpha value is -1.36. The molecule has 3 nitrogen and oxygen atoms in total. The molecule has 0 aliphatic heterocycles. The van der Waals surface area contributed by atoms with Crippen LogP contribution in [0.1, 0.15) is 17.2 Å². The zero-order valence-corrected chi connectivity index (χ0v) is 12.9. The first-order valence-corrected chi connectivity index (χ1v) is 7.22. The average Bonchev–Trinajstić information content (AvgIpc) is 2.48. The molecule has 0 heterocycles. The number of nitrogens with two attached hydrogens (primary N) is 1. The molecule has 0 saturated heterocycles. The number of hydrogen-bond acceptors (Lipinski definition) is 3. The fraction of sp³-hybridized carbons (Fsp3) is 0.250. The van der Waals surface area contributed by atoms with Crippen molar-refractivity contribution in [2.75, 3.05) is 7.11 Å². The summed E-state index contributed by atoms with van der Waals surface area (Å²) in [6.07, 6.45) is -0.133. The zero-order chi connectivity index (χ0) is 14.5. The van der Waals surface area contributed by atoms with Crippen molar-refractivity contribution >= 4 is 15.9 Å². The summed E-state index contributed by atoms with van der Waals surface area (Å²) in [5.41, 5.74) is 8.08. The fourth-order valence-electron chi connectivity index (χ4n) is 2.09. The molecule has 2 aromatic rings. The molecule has 0 aliphatic rings. The second-order valence-electron chi connectivity index (χ2n) is 4.67. The Morgan fingerprint density at radius 3 is 2.55 bits per heavy atom. The fourth-order valence-corrected chi connectivity index (χ4v) is 2.61. The van der Waals surface area contributed by atoms with Crippen molar-refractivity contribution in [2.45, 2.75) is 18.6 Å². The predicted molar refractivity (Wildman–Crippen MR) is 83.8 cm³/mol. The maximum atomic E-state index is 10.3. The highest BCUT2D eigenvalue weighted by atomic mass is 79.9. The smallest absolute Gasteiger partial charge is 0.119 e. The molecule has 0 spiro atoms. The Morgan fingerprint density at radius 2 is 1.90 bits per heavy atom. The van der Waals surface area contributed by atoms with Gasteiger partial charge in [0.05, 0.1) is 19.3 Å². The van der Waals surface area contributed by atoms with Crippen molar-refractivity contribution in [3.63, 3.8) is 0 Å². The number of halogens is 1. The zero-order valence-electron chi connectivity index (χ0n) is 11.3. The first-order chi connectivity index (χ1) is 9.61. The van der Waals surface area contributed by atoms with E-state index in [-0.39, 0.29) is 0 Å². The van der Waals surface area contributed by atoms with Gasteiger partial charge in [-0.1, -0.05) is 46.3 Å². The van der Waals surface area contributed by atoms with Gasteiger partial charge in [0, 0.05) is 10.9 Å². The van der Waals surface area contributed by atoms with Gasteiger partial charge in [0.15, 0.2) is 0 Å². The lowest BCUT2D eigenvalue weighted by Gasteiger charge is -2.21. The third-order valence-electron chi connectivity index (χ3n) is 3.26. The molecule has 0 fully saturated rings. The Morgan fingerprint density at radius 1 is 1.20 bits per heavy atom. The van der Waals surface area contributed by atoms with Crippen molar-refractivity contribution in [2.24, 2.45) is 5.73 Å². The SMILES string of the molecule is COc1ccc(Br)c([C@H](N)[C@H](O)Cc2ccccc2)c1. The molecular weight excluding hydrogens is 318 g/mol. The molecule has 2 rings (SSSR count). The van der Waals surface area contributed by atoms with E-state index in [0.29, 0.717) is 6.42 Å². The maximum Gasteiger partial charge on any atom is 0.119 e. The first kappa shape index (κ1) is 15.0. The van der Waals surface area contributed by atoms with Crippen LogP contribution in [0.15, 0.2) is 53.0 Å². The topological polar surface area (TPSA) is 55.5 Å². The van der Waals surface area contributed by atoms with E-state index in [9.17, 15) is 5.11 Å². The molecule has 3 N–H and O–H groups in total. The number of ether oxygens (including phenoxy) is 1. The highest BCUT2D eigenvalue weighted by Crippen LogP contribution is 2.29. The molecular formula is C16H18BrNO2. The Kier molecular flexibility index (Phi) is 5.17. The molecule has 2 atom stereocenters. The Bertz CT molecular complexity index is 560. The number of benzene rings is 2. The minimum absolute atomic E-state index is 0.473. The van der Waals surface area contributed by atoms with Crippen LogP contribution in [-0.4, -0.2) is 18.3 Å². The van der Waals surface area contributed by atoms with Gasteiger partial charge in [0.1, 0.15) is 5.75 Å². The van der Waals surface area contributed by atoms with Gasteiger partial charge in [-0.05, 0) is 29.3 Å². The summed E-state index contributed by atoms with van der Waals surface area (Å²) in [7, 11) is 1.61. The number of rotatable bonds is 5. The molecule has 0 unspecified atom stereocenters. The standard InChI is InChI=1S/C16H18BrNO2/c1-20-12-7-8-14(17)13(10-12)16(18)15(19)9-11-5-3-2-4-6-11/h2-8,10,15-16,19H,9,18H2,1H3/t15-,16+/m1/s1. The van der Waals surface area contributed by atoms with Crippen LogP contribution in [0.25, 0.3) is 0 Å². The van der Waals surface area contributed by atoms with Crippen LogP contribution in [-0.2, 0) is 6.42 Å². The second-order valence-corrected chi connectivity index (χ2v) is 5.52. The summed E-state index contributed by atoms with van der Waals surface area (Å²) in [5.74, 6) is 0.727.